The van der Waals surface area contributed by atoms with Gasteiger partial charge in [-0.05, 0) is 50.6 Å². The molecule has 6 heteroatoms. The highest BCUT2D eigenvalue weighted by Crippen LogP contribution is 2.29. The molecule has 0 N–H and O–H groups in total. The molecule has 2 aromatic rings. The van der Waals surface area contributed by atoms with Crippen LogP contribution in [0.5, 0.6) is 5.75 Å². The summed E-state index contributed by atoms with van der Waals surface area (Å²) in [6.45, 7) is 6.95. The zero-order valence-electron chi connectivity index (χ0n) is 14.6. The molecule has 0 unspecified atom stereocenters. The number of ether oxygens (including phenoxy) is 2. The van der Waals surface area contributed by atoms with Gasteiger partial charge in [-0.25, -0.2) is 9.78 Å². The van der Waals surface area contributed by atoms with Crippen molar-refractivity contribution in [3.8, 4) is 16.9 Å². The van der Waals surface area contributed by atoms with Crippen LogP contribution in [0.15, 0.2) is 36.5 Å². The lowest BCUT2D eigenvalue weighted by Gasteiger charge is -2.26. The van der Waals surface area contributed by atoms with Gasteiger partial charge in [-0.2, -0.15) is 0 Å². The van der Waals surface area contributed by atoms with Gasteiger partial charge in [0.25, 0.3) is 0 Å². The van der Waals surface area contributed by atoms with Crippen molar-refractivity contribution in [3.63, 3.8) is 0 Å². The fourth-order valence-electron chi connectivity index (χ4n) is 2.60. The monoisotopic (exact) mass is 360 g/mol. The number of fused-ring (bicyclic) bond motifs is 1. The zero-order chi connectivity index (χ0) is 18.0. The van der Waals surface area contributed by atoms with Crippen molar-refractivity contribution in [3.05, 3.63) is 47.2 Å². The first-order valence-corrected chi connectivity index (χ1v) is 8.55. The summed E-state index contributed by atoms with van der Waals surface area (Å²) in [6.07, 6.45) is 1.40. The van der Waals surface area contributed by atoms with E-state index in [2.05, 4.69) is 4.98 Å². The van der Waals surface area contributed by atoms with Crippen molar-refractivity contribution < 1.29 is 14.3 Å². The highest BCUT2D eigenvalue weighted by atomic mass is 35.5. The van der Waals surface area contributed by atoms with E-state index in [1.165, 1.54) is 0 Å². The summed E-state index contributed by atoms with van der Waals surface area (Å²) in [5.41, 5.74) is 2.37. The van der Waals surface area contributed by atoms with Crippen molar-refractivity contribution in [2.24, 2.45) is 0 Å². The Labute approximate surface area is 152 Å². The summed E-state index contributed by atoms with van der Waals surface area (Å²) in [4.78, 5) is 18.2. The first-order chi connectivity index (χ1) is 11.8. The zero-order valence-corrected chi connectivity index (χ0v) is 15.3. The number of pyridine rings is 1. The van der Waals surface area contributed by atoms with E-state index in [0.29, 0.717) is 24.8 Å². The van der Waals surface area contributed by atoms with Crippen LogP contribution in [-0.4, -0.2) is 34.7 Å². The third-order valence-corrected chi connectivity index (χ3v) is 3.98. The summed E-state index contributed by atoms with van der Waals surface area (Å²) in [6, 6.07) is 9.60. The van der Waals surface area contributed by atoms with Gasteiger partial charge in [-0.15, -0.1) is 0 Å². The molecule has 5 nitrogen and oxygen atoms in total. The molecule has 0 radical (unpaired) electrons. The van der Waals surface area contributed by atoms with Gasteiger partial charge in [-0.3, -0.25) is 0 Å². The quantitative estimate of drug-likeness (QED) is 0.701. The van der Waals surface area contributed by atoms with E-state index in [1.54, 1.807) is 17.2 Å². The number of rotatable bonds is 1. The molecule has 1 aliphatic heterocycles. The fraction of sp³-hybridized carbons (Fsp3) is 0.368. The van der Waals surface area contributed by atoms with Crippen LogP contribution < -0.4 is 4.74 Å². The van der Waals surface area contributed by atoms with Crippen molar-refractivity contribution in [2.75, 3.05) is 13.2 Å². The molecule has 0 fully saturated rings. The molecule has 0 saturated heterocycles. The molecule has 2 heterocycles. The predicted octanol–water partition coefficient (Wildman–Crippen LogP) is 4.53. The molecule has 0 aliphatic carbocycles. The molecular formula is C19H21ClN2O3. The van der Waals surface area contributed by atoms with Gasteiger partial charge >= 0.3 is 6.09 Å². The second-order valence-corrected chi connectivity index (χ2v) is 7.33. The van der Waals surface area contributed by atoms with Crippen molar-refractivity contribution in [2.45, 2.75) is 32.9 Å². The summed E-state index contributed by atoms with van der Waals surface area (Å²) in [5.74, 6) is 0.789. The van der Waals surface area contributed by atoms with Crippen LogP contribution >= 0.6 is 11.6 Å². The number of nitrogens with zero attached hydrogens (tertiary/aromatic N) is 2. The second kappa shape index (κ2) is 6.92. The molecule has 1 aromatic heterocycles. The molecule has 1 aromatic carbocycles. The molecule has 25 heavy (non-hydrogen) atoms. The van der Waals surface area contributed by atoms with E-state index in [4.69, 9.17) is 21.1 Å². The molecule has 0 saturated carbocycles. The van der Waals surface area contributed by atoms with Crippen molar-refractivity contribution in [1.82, 2.24) is 9.88 Å². The van der Waals surface area contributed by atoms with Gasteiger partial charge in [0.2, 0.25) is 0 Å². The Morgan fingerprint density at radius 3 is 2.68 bits per heavy atom. The van der Waals surface area contributed by atoms with E-state index in [1.807, 2.05) is 45.0 Å². The maximum atomic E-state index is 12.4. The smallest absolute Gasteiger partial charge is 0.410 e. The molecule has 0 atom stereocenters. The Bertz CT molecular complexity index is 769. The van der Waals surface area contributed by atoms with Gasteiger partial charge in [0.15, 0.2) is 0 Å². The lowest BCUT2D eigenvalue weighted by atomic mass is 10.0. The van der Waals surface area contributed by atoms with Crippen LogP contribution in [0.2, 0.25) is 5.15 Å². The number of aromatic nitrogens is 1. The van der Waals surface area contributed by atoms with Gasteiger partial charge in [0.05, 0.1) is 13.1 Å². The number of halogens is 1. The number of hydrogen-bond acceptors (Lipinski definition) is 4. The van der Waals surface area contributed by atoms with Crippen molar-refractivity contribution >= 4 is 17.7 Å². The standard InChI is InChI=1S/C19H21ClN2O3/c1-19(2,3)25-18(23)22-8-9-24-16-6-4-13(10-15(16)12-22)14-5-7-17(20)21-11-14/h4-7,10-11H,8-9,12H2,1-3H3. The highest BCUT2D eigenvalue weighted by molar-refractivity contribution is 6.29. The number of amides is 1. The van der Waals surface area contributed by atoms with E-state index in [-0.39, 0.29) is 6.09 Å². The molecule has 1 amide bonds. The molecule has 132 valence electrons. The Kier molecular flexibility index (Phi) is 4.86. The summed E-state index contributed by atoms with van der Waals surface area (Å²) >= 11 is 5.85. The number of carbonyl (C=O) groups excluding carboxylic acids is 1. The lowest BCUT2D eigenvalue weighted by molar-refractivity contribution is 0.0225. The summed E-state index contributed by atoms with van der Waals surface area (Å²) in [5, 5.41) is 0.456. The van der Waals surface area contributed by atoms with E-state index >= 15 is 0 Å². The van der Waals surface area contributed by atoms with Gasteiger partial charge in [0, 0.05) is 17.3 Å². The topological polar surface area (TPSA) is 51.7 Å². The molecular weight excluding hydrogens is 340 g/mol. The largest absolute Gasteiger partial charge is 0.491 e. The third-order valence-electron chi connectivity index (χ3n) is 3.75. The van der Waals surface area contributed by atoms with Crippen LogP contribution in [0, 0.1) is 0 Å². The summed E-state index contributed by atoms with van der Waals surface area (Å²) in [7, 11) is 0. The average molecular weight is 361 g/mol. The molecule has 1 aliphatic rings. The molecule has 3 rings (SSSR count). The van der Waals surface area contributed by atoms with E-state index < -0.39 is 5.60 Å². The summed E-state index contributed by atoms with van der Waals surface area (Å²) < 4.78 is 11.3. The van der Waals surface area contributed by atoms with Gasteiger partial charge in [0.1, 0.15) is 23.1 Å². The van der Waals surface area contributed by atoms with Crippen LogP contribution in [-0.2, 0) is 11.3 Å². The normalized spacial score (nSPS) is 14.3. The second-order valence-electron chi connectivity index (χ2n) is 6.94. The van der Waals surface area contributed by atoms with Gasteiger partial charge in [-0.1, -0.05) is 17.7 Å². The van der Waals surface area contributed by atoms with E-state index in [0.717, 1.165) is 22.4 Å². The molecule has 0 bridgehead atoms. The number of carbonyl (C=O) groups is 1. The Hall–Kier alpha value is -2.27. The Morgan fingerprint density at radius 1 is 1.24 bits per heavy atom. The van der Waals surface area contributed by atoms with Gasteiger partial charge < -0.3 is 14.4 Å². The Morgan fingerprint density at radius 2 is 2.00 bits per heavy atom. The maximum Gasteiger partial charge on any atom is 0.410 e. The van der Waals surface area contributed by atoms with Crippen LogP contribution in [0.4, 0.5) is 4.79 Å². The lowest BCUT2D eigenvalue weighted by Crippen LogP contribution is -2.37. The predicted molar refractivity (Wildman–Crippen MR) is 96.8 cm³/mol. The minimum atomic E-state index is -0.524. The first-order valence-electron chi connectivity index (χ1n) is 8.17. The number of benzene rings is 1. The van der Waals surface area contributed by atoms with E-state index in [9.17, 15) is 4.79 Å². The highest BCUT2D eigenvalue weighted by Gasteiger charge is 2.25. The first kappa shape index (κ1) is 17.5. The number of hydrogen-bond donors (Lipinski definition) is 0. The van der Waals surface area contributed by atoms with Crippen LogP contribution in [0.3, 0.4) is 0 Å². The Balaban J connectivity index is 1.85. The third kappa shape index (κ3) is 4.42. The maximum absolute atomic E-state index is 12.4. The van der Waals surface area contributed by atoms with Crippen molar-refractivity contribution in [1.29, 1.82) is 0 Å². The minimum Gasteiger partial charge on any atom is -0.491 e. The fourth-order valence-corrected chi connectivity index (χ4v) is 2.71. The van der Waals surface area contributed by atoms with Crippen LogP contribution in [0.1, 0.15) is 26.3 Å². The van der Waals surface area contributed by atoms with Crippen LogP contribution in [0.25, 0.3) is 11.1 Å². The molecule has 0 spiro atoms. The minimum absolute atomic E-state index is 0.331. The average Bonchev–Trinajstić information content (AvgIpc) is 2.75. The SMILES string of the molecule is CC(C)(C)OC(=O)N1CCOc2ccc(-c3ccc(Cl)nc3)cc2C1.